The molecule has 0 radical (unpaired) electrons. The van der Waals surface area contributed by atoms with Gasteiger partial charge in [0.15, 0.2) is 0 Å². The zero-order chi connectivity index (χ0) is 22.0. The van der Waals surface area contributed by atoms with Crippen LogP contribution in [0.3, 0.4) is 0 Å². The Morgan fingerprint density at radius 2 is 1.71 bits per heavy atom. The third-order valence-electron chi connectivity index (χ3n) is 4.57. The summed E-state index contributed by atoms with van der Waals surface area (Å²) in [5.41, 5.74) is 1.71. The van der Waals surface area contributed by atoms with Crippen molar-refractivity contribution in [2.45, 2.75) is 11.4 Å². The van der Waals surface area contributed by atoms with Crippen molar-refractivity contribution in [1.29, 1.82) is 0 Å². The number of hydrogen-bond acceptors (Lipinski definition) is 5. The molecule has 0 saturated heterocycles. The molecule has 0 spiro atoms. The van der Waals surface area contributed by atoms with Crippen LogP contribution in [0.1, 0.15) is 15.4 Å². The lowest BCUT2D eigenvalue weighted by atomic mass is 10.2. The highest BCUT2D eigenvalue weighted by atomic mass is 35.5. The number of thiazole rings is 1. The lowest BCUT2D eigenvalue weighted by Crippen LogP contribution is -2.26. The molecule has 4 rings (SSSR count). The summed E-state index contributed by atoms with van der Waals surface area (Å²) in [6.07, 6.45) is 0. The number of amides is 1. The number of anilines is 1. The van der Waals surface area contributed by atoms with Crippen molar-refractivity contribution in [3.8, 4) is 0 Å². The molecule has 0 unspecified atom stereocenters. The molecule has 3 aromatic carbocycles. The predicted molar refractivity (Wildman–Crippen MR) is 124 cm³/mol. The van der Waals surface area contributed by atoms with E-state index in [0.717, 1.165) is 15.2 Å². The van der Waals surface area contributed by atoms with Crippen molar-refractivity contribution in [2.75, 3.05) is 11.8 Å². The second-order valence-corrected chi connectivity index (χ2v) is 10.1. The molecule has 0 aliphatic rings. The third kappa shape index (κ3) is 4.87. The van der Waals surface area contributed by atoms with Gasteiger partial charge in [0.1, 0.15) is 5.01 Å². The van der Waals surface area contributed by atoms with Gasteiger partial charge >= 0.3 is 0 Å². The highest BCUT2D eigenvalue weighted by Crippen LogP contribution is 2.23. The molecule has 0 aliphatic carbocycles. The van der Waals surface area contributed by atoms with E-state index in [1.807, 2.05) is 24.3 Å². The number of aromatic nitrogens is 1. The van der Waals surface area contributed by atoms with Gasteiger partial charge in [-0.3, -0.25) is 9.52 Å². The quantitative estimate of drug-likeness (QED) is 0.428. The Labute approximate surface area is 189 Å². The standard InChI is InChI=1S/C22H18ClN3O3S2/c1-26(14-21-24-19-4-2-3-5-20(19)30-21)22(27)15-6-12-18(13-7-15)31(28,29)25-17-10-8-16(23)9-11-17/h2-13,25H,14H2,1H3. The van der Waals surface area contributed by atoms with Crippen LogP contribution < -0.4 is 4.72 Å². The largest absolute Gasteiger partial charge is 0.335 e. The smallest absolute Gasteiger partial charge is 0.261 e. The Hall–Kier alpha value is -2.94. The zero-order valence-electron chi connectivity index (χ0n) is 16.4. The van der Waals surface area contributed by atoms with Crippen molar-refractivity contribution >= 4 is 54.8 Å². The minimum absolute atomic E-state index is 0.0628. The maximum Gasteiger partial charge on any atom is 0.261 e. The number of benzene rings is 3. The number of halogens is 1. The van der Waals surface area contributed by atoms with Gasteiger partial charge in [-0.05, 0) is 60.7 Å². The molecule has 31 heavy (non-hydrogen) atoms. The number of carbonyl (C=O) groups excluding carboxylic acids is 1. The SMILES string of the molecule is CN(Cc1nc2ccccc2s1)C(=O)c1ccc(S(=O)(=O)Nc2ccc(Cl)cc2)cc1. The van der Waals surface area contributed by atoms with Crippen molar-refractivity contribution in [1.82, 2.24) is 9.88 Å². The number of fused-ring (bicyclic) bond motifs is 1. The summed E-state index contributed by atoms with van der Waals surface area (Å²) in [5, 5.41) is 1.35. The molecule has 0 saturated carbocycles. The first kappa shape index (κ1) is 21.3. The molecule has 1 N–H and O–H groups in total. The lowest BCUT2D eigenvalue weighted by molar-refractivity contribution is 0.0785. The second-order valence-electron chi connectivity index (χ2n) is 6.87. The molecule has 0 aliphatic heterocycles. The van der Waals surface area contributed by atoms with E-state index >= 15 is 0 Å². The average molecular weight is 472 g/mol. The Bertz CT molecular complexity index is 1300. The molecular formula is C22H18ClN3O3S2. The molecule has 1 aromatic heterocycles. The molecular weight excluding hydrogens is 454 g/mol. The van der Waals surface area contributed by atoms with Gasteiger partial charge in [-0.2, -0.15) is 0 Å². The Morgan fingerprint density at radius 3 is 2.39 bits per heavy atom. The Balaban J connectivity index is 1.46. The summed E-state index contributed by atoms with van der Waals surface area (Å²) in [6.45, 7) is 0.371. The number of para-hydroxylation sites is 1. The summed E-state index contributed by atoms with van der Waals surface area (Å²) < 4.78 is 28.7. The summed E-state index contributed by atoms with van der Waals surface area (Å²) in [5.74, 6) is -0.214. The third-order valence-corrected chi connectivity index (χ3v) is 7.24. The number of sulfonamides is 1. The van der Waals surface area contributed by atoms with Crippen LogP contribution in [-0.4, -0.2) is 31.3 Å². The highest BCUT2D eigenvalue weighted by molar-refractivity contribution is 7.92. The monoisotopic (exact) mass is 471 g/mol. The van der Waals surface area contributed by atoms with Crippen molar-refractivity contribution in [2.24, 2.45) is 0 Å². The van der Waals surface area contributed by atoms with Crippen LogP contribution in [0, 0.1) is 0 Å². The van der Waals surface area contributed by atoms with Gasteiger partial charge < -0.3 is 4.90 Å². The summed E-state index contributed by atoms with van der Waals surface area (Å²) >= 11 is 7.37. The molecule has 0 atom stereocenters. The summed E-state index contributed by atoms with van der Waals surface area (Å²) in [6, 6.07) is 20.0. The number of rotatable bonds is 6. The van der Waals surface area contributed by atoms with Gasteiger partial charge in [-0.25, -0.2) is 13.4 Å². The van der Waals surface area contributed by atoms with Crippen LogP contribution in [-0.2, 0) is 16.6 Å². The first-order chi connectivity index (χ1) is 14.8. The molecule has 6 nitrogen and oxygen atoms in total. The highest BCUT2D eigenvalue weighted by Gasteiger charge is 2.18. The van der Waals surface area contributed by atoms with E-state index in [-0.39, 0.29) is 10.8 Å². The topological polar surface area (TPSA) is 79.4 Å². The van der Waals surface area contributed by atoms with Gasteiger partial charge in [0, 0.05) is 23.3 Å². The normalized spacial score (nSPS) is 11.4. The van der Waals surface area contributed by atoms with Gasteiger partial charge in [0.2, 0.25) is 0 Å². The number of carbonyl (C=O) groups is 1. The van der Waals surface area contributed by atoms with Crippen molar-refractivity contribution < 1.29 is 13.2 Å². The number of nitrogens with zero attached hydrogens (tertiary/aromatic N) is 2. The first-order valence-electron chi connectivity index (χ1n) is 9.30. The lowest BCUT2D eigenvalue weighted by Gasteiger charge is -2.16. The average Bonchev–Trinajstić information content (AvgIpc) is 3.17. The second kappa shape index (κ2) is 8.66. The van der Waals surface area contributed by atoms with Crippen LogP contribution in [0.4, 0.5) is 5.69 Å². The number of nitrogens with one attached hydrogen (secondary N) is 1. The molecule has 1 heterocycles. The van der Waals surface area contributed by atoms with E-state index < -0.39 is 10.0 Å². The Kier molecular flexibility index (Phi) is 5.95. The van der Waals surface area contributed by atoms with Crippen LogP contribution >= 0.6 is 22.9 Å². The van der Waals surface area contributed by atoms with E-state index in [4.69, 9.17) is 11.6 Å². The maximum atomic E-state index is 12.8. The molecule has 158 valence electrons. The Morgan fingerprint density at radius 1 is 1.03 bits per heavy atom. The van der Waals surface area contributed by atoms with Gasteiger partial charge in [-0.15, -0.1) is 11.3 Å². The zero-order valence-corrected chi connectivity index (χ0v) is 18.8. The van der Waals surface area contributed by atoms with Crippen LogP contribution in [0.2, 0.25) is 5.02 Å². The summed E-state index contributed by atoms with van der Waals surface area (Å²) in [7, 11) is -2.08. The van der Waals surface area contributed by atoms with E-state index in [9.17, 15) is 13.2 Å². The van der Waals surface area contributed by atoms with E-state index in [1.165, 1.54) is 24.3 Å². The maximum absolute atomic E-state index is 12.8. The van der Waals surface area contributed by atoms with Gasteiger partial charge in [0.05, 0.1) is 21.7 Å². The number of hydrogen-bond donors (Lipinski definition) is 1. The van der Waals surface area contributed by atoms with Crippen LogP contribution in [0.25, 0.3) is 10.2 Å². The van der Waals surface area contributed by atoms with E-state index in [2.05, 4.69) is 9.71 Å². The minimum atomic E-state index is -3.78. The van der Waals surface area contributed by atoms with Gasteiger partial charge in [-0.1, -0.05) is 23.7 Å². The molecule has 1 amide bonds. The van der Waals surface area contributed by atoms with Crippen molar-refractivity contribution in [3.63, 3.8) is 0 Å². The fourth-order valence-electron chi connectivity index (χ4n) is 2.99. The van der Waals surface area contributed by atoms with Crippen LogP contribution in [0.5, 0.6) is 0 Å². The fourth-order valence-corrected chi connectivity index (χ4v) is 5.20. The van der Waals surface area contributed by atoms with Crippen molar-refractivity contribution in [3.05, 3.63) is 88.4 Å². The van der Waals surface area contributed by atoms with E-state index in [0.29, 0.717) is 22.8 Å². The predicted octanol–water partition coefficient (Wildman–Crippen LogP) is 5.02. The first-order valence-corrected chi connectivity index (χ1v) is 12.0. The fraction of sp³-hybridized carbons (Fsp3) is 0.0909. The summed E-state index contributed by atoms with van der Waals surface area (Å²) in [4.78, 5) is 18.9. The molecule has 0 bridgehead atoms. The molecule has 4 aromatic rings. The van der Waals surface area contributed by atoms with E-state index in [1.54, 1.807) is 47.5 Å². The van der Waals surface area contributed by atoms with Crippen LogP contribution in [0.15, 0.2) is 77.7 Å². The van der Waals surface area contributed by atoms with Gasteiger partial charge in [0.25, 0.3) is 15.9 Å². The molecule has 9 heteroatoms. The molecule has 0 fully saturated rings. The minimum Gasteiger partial charge on any atom is -0.335 e.